The molecule has 196 valence electrons. The van der Waals surface area contributed by atoms with Crippen LogP contribution in [-0.2, 0) is 17.6 Å². The van der Waals surface area contributed by atoms with Crippen LogP contribution in [0.4, 0.5) is 30.7 Å². The molecule has 0 amide bonds. The number of benzene rings is 4. The summed E-state index contributed by atoms with van der Waals surface area (Å²) in [5, 5.41) is 0. The molecule has 4 aromatic rings. The molecule has 0 aromatic heterocycles. The molecule has 0 aliphatic carbocycles. The molecule has 0 saturated carbocycles. The van der Waals surface area contributed by atoms with E-state index in [1.807, 2.05) is 0 Å². The Bertz CT molecular complexity index is 1430. The van der Waals surface area contributed by atoms with E-state index in [0.29, 0.717) is 30.5 Å². The van der Waals surface area contributed by atoms with E-state index >= 15 is 0 Å². The third-order valence-corrected chi connectivity index (χ3v) is 6.02. The van der Waals surface area contributed by atoms with Crippen LogP contribution in [-0.4, -0.2) is 13.7 Å². The molecule has 0 bridgehead atoms. The third-order valence-electron chi connectivity index (χ3n) is 6.02. The molecule has 0 N–H and O–H groups in total. The molecule has 38 heavy (non-hydrogen) atoms. The number of hydrogen-bond acceptors (Lipinski definition) is 1. The lowest BCUT2D eigenvalue weighted by Gasteiger charge is -2.10. The fraction of sp³-hybridized carbons (Fsp3) is 0.133. The average molecular weight is 530 g/mol. The number of hydrogen-bond donors (Lipinski definition) is 0. The molecule has 0 fully saturated rings. The van der Waals surface area contributed by atoms with Crippen molar-refractivity contribution >= 4 is 5.83 Å². The largest absolute Gasteiger partial charge is 0.377 e. The van der Waals surface area contributed by atoms with E-state index in [-0.39, 0.29) is 11.1 Å². The molecule has 0 spiro atoms. The first kappa shape index (κ1) is 27.1. The normalized spacial score (nSPS) is 12.0. The lowest BCUT2D eigenvalue weighted by Crippen LogP contribution is -1.97. The van der Waals surface area contributed by atoms with Gasteiger partial charge in [-0.05, 0) is 64.9 Å². The Morgan fingerprint density at radius 2 is 1.08 bits per heavy atom. The fourth-order valence-corrected chi connectivity index (χ4v) is 4.03. The lowest BCUT2D eigenvalue weighted by molar-refractivity contribution is 0.205. The number of rotatable bonds is 8. The molecule has 4 rings (SSSR count). The molecule has 0 saturated heterocycles. The van der Waals surface area contributed by atoms with Gasteiger partial charge in [0.1, 0.15) is 18.2 Å². The third kappa shape index (κ3) is 5.97. The summed E-state index contributed by atoms with van der Waals surface area (Å²) in [6, 6.07) is 16.5. The predicted molar refractivity (Wildman–Crippen MR) is 132 cm³/mol. The van der Waals surface area contributed by atoms with Gasteiger partial charge >= 0.3 is 0 Å². The summed E-state index contributed by atoms with van der Waals surface area (Å²) in [6.45, 7) is -0.443. The lowest BCUT2D eigenvalue weighted by atomic mass is 9.97. The minimum atomic E-state index is -1.72. The monoisotopic (exact) mass is 530 g/mol. The van der Waals surface area contributed by atoms with Crippen LogP contribution in [0.25, 0.3) is 28.1 Å². The van der Waals surface area contributed by atoms with Gasteiger partial charge in [0.15, 0.2) is 29.1 Å². The molecule has 0 radical (unpaired) electrons. The van der Waals surface area contributed by atoms with Crippen molar-refractivity contribution < 1.29 is 35.5 Å². The second-order valence-corrected chi connectivity index (χ2v) is 8.61. The average Bonchev–Trinajstić information content (AvgIpc) is 2.90. The summed E-state index contributed by atoms with van der Waals surface area (Å²) in [4.78, 5) is 0. The van der Waals surface area contributed by atoms with Crippen LogP contribution in [0.2, 0.25) is 0 Å². The summed E-state index contributed by atoms with van der Waals surface area (Å²) in [5.74, 6) is -8.86. The molecular formula is C30H21F7O. The smallest absolute Gasteiger partial charge is 0.194 e. The SMILES string of the molecule is COC/C(F)=C(\F)c1ccc(CCc2ccc(-c3cc(F)c(-c4cc(F)c(F)c(F)c4)c(F)c3)cc2)cc1. The first-order valence-corrected chi connectivity index (χ1v) is 11.5. The van der Waals surface area contributed by atoms with Crippen molar-refractivity contribution in [3.8, 4) is 22.3 Å². The molecule has 0 unspecified atom stereocenters. The van der Waals surface area contributed by atoms with E-state index in [4.69, 9.17) is 0 Å². The van der Waals surface area contributed by atoms with Gasteiger partial charge in [0.25, 0.3) is 0 Å². The number of ether oxygens (including phenoxy) is 1. The minimum absolute atomic E-state index is 0.118. The van der Waals surface area contributed by atoms with Crippen molar-refractivity contribution in [3.63, 3.8) is 0 Å². The van der Waals surface area contributed by atoms with Crippen LogP contribution in [0, 0.1) is 29.1 Å². The Morgan fingerprint density at radius 1 is 0.605 bits per heavy atom. The second-order valence-electron chi connectivity index (χ2n) is 8.61. The molecule has 4 aromatic carbocycles. The minimum Gasteiger partial charge on any atom is -0.377 e. The molecular weight excluding hydrogens is 509 g/mol. The van der Waals surface area contributed by atoms with E-state index in [9.17, 15) is 30.7 Å². The summed E-state index contributed by atoms with van der Waals surface area (Å²) >= 11 is 0. The molecule has 0 heterocycles. The van der Waals surface area contributed by atoms with Crippen LogP contribution in [0.3, 0.4) is 0 Å². The van der Waals surface area contributed by atoms with E-state index < -0.39 is 58.5 Å². The van der Waals surface area contributed by atoms with Gasteiger partial charge < -0.3 is 4.74 Å². The van der Waals surface area contributed by atoms with Gasteiger partial charge in [0.05, 0.1) is 5.56 Å². The standard InChI is InChI=1S/C30H21F7O/c1-38-16-27(35)29(36)20-10-6-18(7-11-20)3-2-17-4-8-19(9-5-17)21-12-23(31)28(24(32)13-21)22-14-25(33)30(37)26(34)15-22/h4-15H,2-3,16H2,1H3/b29-27+. The number of halogens is 7. The Hall–Kier alpha value is -3.91. The van der Waals surface area contributed by atoms with Crippen LogP contribution in [0.15, 0.2) is 78.6 Å². The number of aryl methyl sites for hydroxylation is 2. The topological polar surface area (TPSA) is 9.23 Å². The van der Waals surface area contributed by atoms with Gasteiger partial charge in [-0.15, -0.1) is 0 Å². The summed E-state index contributed by atoms with van der Waals surface area (Å²) in [7, 11) is 1.28. The Morgan fingerprint density at radius 3 is 1.58 bits per heavy atom. The van der Waals surface area contributed by atoms with E-state index in [1.165, 1.54) is 19.2 Å². The maximum atomic E-state index is 14.8. The highest BCUT2D eigenvalue weighted by atomic mass is 19.2. The summed E-state index contributed by atoms with van der Waals surface area (Å²) < 4.78 is 102. The maximum Gasteiger partial charge on any atom is 0.194 e. The molecule has 0 aliphatic rings. The van der Waals surface area contributed by atoms with Crippen molar-refractivity contribution in [1.82, 2.24) is 0 Å². The molecule has 1 nitrogen and oxygen atoms in total. The van der Waals surface area contributed by atoms with Gasteiger partial charge in [-0.3, -0.25) is 0 Å². The van der Waals surface area contributed by atoms with Gasteiger partial charge in [-0.25, -0.2) is 30.7 Å². The van der Waals surface area contributed by atoms with Crippen molar-refractivity contribution in [3.05, 3.63) is 124 Å². The van der Waals surface area contributed by atoms with E-state index in [1.54, 1.807) is 36.4 Å². The Labute approximate surface area is 214 Å². The maximum absolute atomic E-state index is 14.8. The summed E-state index contributed by atoms with van der Waals surface area (Å²) in [5.41, 5.74) is 1.57. The predicted octanol–water partition coefficient (Wildman–Crippen LogP) is 8.76. The van der Waals surface area contributed by atoms with Gasteiger partial charge in [0.2, 0.25) is 0 Å². The summed E-state index contributed by atoms with van der Waals surface area (Å²) in [6.07, 6.45) is 1.24. The highest BCUT2D eigenvalue weighted by molar-refractivity contribution is 5.72. The quantitative estimate of drug-likeness (QED) is 0.164. The zero-order valence-electron chi connectivity index (χ0n) is 20.1. The van der Waals surface area contributed by atoms with Gasteiger partial charge in [0, 0.05) is 12.7 Å². The Kier molecular flexibility index (Phi) is 8.32. The molecule has 0 atom stereocenters. The fourth-order valence-electron chi connectivity index (χ4n) is 4.03. The van der Waals surface area contributed by atoms with E-state index in [0.717, 1.165) is 23.3 Å². The second kappa shape index (κ2) is 11.6. The molecule has 8 heteroatoms. The van der Waals surface area contributed by atoms with Crippen LogP contribution in [0.5, 0.6) is 0 Å². The van der Waals surface area contributed by atoms with Crippen LogP contribution in [0.1, 0.15) is 16.7 Å². The first-order chi connectivity index (χ1) is 18.2. The highest BCUT2D eigenvalue weighted by Gasteiger charge is 2.19. The van der Waals surface area contributed by atoms with Crippen molar-refractivity contribution in [2.75, 3.05) is 13.7 Å². The van der Waals surface area contributed by atoms with Gasteiger partial charge in [-0.1, -0.05) is 48.5 Å². The van der Waals surface area contributed by atoms with E-state index in [2.05, 4.69) is 4.74 Å². The first-order valence-electron chi connectivity index (χ1n) is 11.5. The Balaban J connectivity index is 1.46. The zero-order valence-corrected chi connectivity index (χ0v) is 20.1. The molecule has 0 aliphatic heterocycles. The van der Waals surface area contributed by atoms with Crippen molar-refractivity contribution in [1.29, 1.82) is 0 Å². The number of methoxy groups -OCH3 is 1. The van der Waals surface area contributed by atoms with Gasteiger partial charge in [-0.2, -0.15) is 0 Å². The highest BCUT2D eigenvalue weighted by Crippen LogP contribution is 2.33. The van der Waals surface area contributed by atoms with Crippen LogP contribution < -0.4 is 0 Å². The zero-order chi connectivity index (χ0) is 27.4. The van der Waals surface area contributed by atoms with Crippen molar-refractivity contribution in [2.24, 2.45) is 0 Å². The van der Waals surface area contributed by atoms with Crippen molar-refractivity contribution in [2.45, 2.75) is 12.8 Å². The van der Waals surface area contributed by atoms with Crippen LogP contribution >= 0.6 is 0 Å².